The number of methoxy groups -OCH3 is 1. The van der Waals surface area contributed by atoms with Crippen LogP contribution in [-0.4, -0.2) is 12.1 Å². The van der Waals surface area contributed by atoms with Gasteiger partial charge in [0.15, 0.2) is 0 Å². The maximum absolute atomic E-state index is 12.9. The average molecular weight is 177 g/mol. The van der Waals surface area contributed by atoms with Crippen molar-refractivity contribution in [3.8, 4) is 5.88 Å². The van der Waals surface area contributed by atoms with Gasteiger partial charge >= 0.3 is 0 Å². The molecule has 1 aromatic heterocycles. The second-order valence-corrected chi connectivity index (χ2v) is 2.25. The maximum Gasteiger partial charge on any atom is 0.252 e. The van der Waals surface area contributed by atoms with E-state index in [1.165, 1.54) is 13.3 Å². The molecule has 0 aliphatic carbocycles. The van der Waals surface area contributed by atoms with Crippen LogP contribution in [0.1, 0.15) is 0 Å². The number of nitrogen functional groups attached to an aromatic ring is 1. The maximum atomic E-state index is 12.9. The van der Waals surface area contributed by atoms with E-state index >= 15 is 0 Å². The van der Waals surface area contributed by atoms with Crippen molar-refractivity contribution in [3.63, 3.8) is 0 Å². The minimum Gasteiger partial charge on any atom is -0.479 e. The number of hydrogen-bond acceptors (Lipinski definition) is 3. The molecule has 0 radical (unpaired) electrons. The molecule has 0 unspecified atom stereocenters. The Balaban J connectivity index is 3.25. The van der Waals surface area contributed by atoms with E-state index in [1.807, 2.05) is 0 Å². The number of ether oxygens (including phenoxy) is 1. The van der Waals surface area contributed by atoms with Gasteiger partial charge in [0.05, 0.1) is 24.0 Å². The molecule has 1 heterocycles. The molecule has 0 atom stereocenters. The van der Waals surface area contributed by atoms with Gasteiger partial charge in [0.2, 0.25) is 5.82 Å². The van der Waals surface area contributed by atoms with E-state index in [0.717, 1.165) is 0 Å². The molecule has 0 fully saturated rings. The molecule has 2 N–H and O–H groups in total. The van der Waals surface area contributed by atoms with Crippen molar-refractivity contribution in [2.24, 2.45) is 0 Å². The topological polar surface area (TPSA) is 48.1 Å². The second kappa shape index (κ2) is 2.92. The Hall–Kier alpha value is -1.03. The Morgan fingerprint density at radius 2 is 2.36 bits per heavy atom. The first-order chi connectivity index (χ1) is 5.16. The zero-order valence-corrected chi connectivity index (χ0v) is 6.52. The standard InChI is InChI=1S/C6H6ClFN2O/c1-11-6-4(8)5(9)3(7)2-10-6/h2H,1H3,(H2,9,10). The second-order valence-electron chi connectivity index (χ2n) is 1.84. The first-order valence-electron chi connectivity index (χ1n) is 2.80. The Morgan fingerprint density at radius 1 is 1.73 bits per heavy atom. The molecule has 5 heteroatoms. The summed E-state index contributed by atoms with van der Waals surface area (Å²) in [4.78, 5) is 3.55. The number of aromatic nitrogens is 1. The van der Waals surface area contributed by atoms with Gasteiger partial charge < -0.3 is 10.5 Å². The lowest BCUT2D eigenvalue weighted by molar-refractivity contribution is 0.370. The van der Waals surface area contributed by atoms with Crippen molar-refractivity contribution in [2.45, 2.75) is 0 Å². The van der Waals surface area contributed by atoms with E-state index in [-0.39, 0.29) is 16.6 Å². The average Bonchev–Trinajstić information content (AvgIpc) is 2.01. The van der Waals surface area contributed by atoms with Crippen LogP contribution in [0.4, 0.5) is 10.1 Å². The van der Waals surface area contributed by atoms with Gasteiger partial charge in [0, 0.05) is 0 Å². The lowest BCUT2D eigenvalue weighted by Gasteiger charge is -2.02. The van der Waals surface area contributed by atoms with E-state index in [0.29, 0.717) is 0 Å². The summed E-state index contributed by atoms with van der Waals surface area (Å²) < 4.78 is 17.4. The summed E-state index contributed by atoms with van der Waals surface area (Å²) in [7, 11) is 1.30. The number of halogens is 2. The SMILES string of the molecule is COc1ncc(Cl)c(N)c1F. The van der Waals surface area contributed by atoms with Crippen LogP contribution in [-0.2, 0) is 0 Å². The molecule has 1 rings (SSSR count). The highest BCUT2D eigenvalue weighted by Crippen LogP contribution is 2.25. The molecule has 60 valence electrons. The van der Waals surface area contributed by atoms with Crippen molar-refractivity contribution in [2.75, 3.05) is 12.8 Å². The zero-order chi connectivity index (χ0) is 8.43. The summed E-state index contributed by atoms with van der Waals surface area (Å²) in [6.07, 6.45) is 1.23. The highest BCUT2D eigenvalue weighted by atomic mass is 35.5. The van der Waals surface area contributed by atoms with Crippen molar-refractivity contribution in [1.82, 2.24) is 4.98 Å². The summed E-state index contributed by atoms with van der Waals surface area (Å²) in [6, 6.07) is 0. The van der Waals surface area contributed by atoms with Crippen molar-refractivity contribution < 1.29 is 9.13 Å². The highest BCUT2D eigenvalue weighted by molar-refractivity contribution is 6.32. The minimum absolute atomic E-state index is 0.0864. The number of pyridine rings is 1. The summed E-state index contributed by atoms with van der Waals surface area (Å²) in [5, 5.41) is 0.0864. The van der Waals surface area contributed by atoms with Gasteiger partial charge in [0.1, 0.15) is 0 Å². The van der Waals surface area contributed by atoms with Crippen LogP contribution in [0.5, 0.6) is 5.88 Å². The first kappa shape index (κ1) is 8.07. The van der Waals surface area contributed by atoms with Crippen molar-refractivity contribution in [1.29, 1.82) is 0 Å². The molecule has 0 aliphatic heterocycles. The normalized spacial score (nSPS) is 9.73. The van der Waals surface area contributed by atoms with Gasteiger partial charge in [-0.15, -0.1) is 0 Å². The van der Waals surface area contributed by atoms with Crippen LogP contribution >= 0.6 is 11.6 Å². The minimum atomic E-state index is -0.722. The smallest absolute Gasteiger partial charge is 0.252 e. The lowest BCUT2D eigenvalue weighted by Crippen LogP contribution is -1.98. The fraction of sp³-hybridized carbons (Fsp3) is 0.167. The Morgan fingerprint density at radius 3 is 2.91 bits per heavy atom. The molecule has 0 aliphatic rings. The van der Waals surface area contributed by atoms with Crippen molar-refractivity contribution in [3.05, 3.63) is 17.0 Å². The molecule has 0 amide bonds. The monoisotopic (exact) mass is 176 g/mol. The fourth-order valence-corrected chi connectivity index (χ4v) is 0.736. The molecular formula is C6H6ClFN2O. The zero-order valence-electron chi connectivity index (χ0n) is 5.77. The quantitative estimate of drug-likeness (QED) is 0.705. The molecule has 11 heavy (non-hydrogen) atoms. The predicted octanol–water partition coefficient (Wildman–Crippen LogP) is 1.46. The lowest BCUT2D eigenvalue weighted by atomic mass is 10.4. The summed E-state index contributed by atoms with van der Waals surface area (Å²) in [6.45, 7) is 0. The van der Waals surface area contributed by atoms with Gasteiger partial charge in [-0.05, 0) is 0 Å². The van der Waals surface area contributed by atoms with E-state index in [4.69, 9.17) is 17.3 Å². The third-order valence-electron chi connectivity index (χ3n) is 1.17. The molecule has 0 aromatic carbocycles. The van der Waals surface area contributed by atoms with Gasteiger partial charge in [0.25, 0.3) is 5.88 Å². The van der Waals surface area contributed by atoms with Crippen LogP contribution in [0.25, 0.3) is 0 Å². The van der Waals surface area contributed by atoms with Crippen LogP contribution in [0.15, 0.2) is 6.20 Å². The van der Waals surface area contributed by atoms with Gasteiger partial charge in [-0.25, -0.2) is 4.98 Å². The van der Waals surface area contributed by atoms with E-state index < -0.39 is 5.82 Å². The summed E-state index contributed by atoms with van der Waals surface area (Å²) in [5.74, 6) is -0.869. The van der Waals surface area contributed by atoms with Gasteiger partial charge in [-0.3, -0.25) is 0 Å². The van der Waals surface area contributed by atoms with E-state index in [1.54, 1.807) is 0 Å². The first-order valence-corrected chi connectivity index (χ1v) is 3.18. The molecule has 0 spiro atoms. The summed E-state index contributed by atoms with van der Waals surface area (Å²) in [5.41, 5.74) is 5.09. The molecule has 0 bridgehead atoms. The Labute approximate surface area is 67.9 Å². The highest BCUT2D eigenvalue weighted by Gasteiger charge is 2.10. The largest absolute Gasteiger partial charge is 0.479 e. The Kier molecular flexibility index (Phi) is 2.14. The number of rotatable bonds is 1. The van der Waals surface area contributed by atoms with Crippen LogP contribution < -0.4 is 10.5 Å². The Bertz CT molecular complexity index is 280. The van der Waals surface area contributed by atoms with Crippen LogP contribution in [0, 0.1) is 5.82 Å². The van der Waals surface area contributed by atoms with Crippen molar-refractivity contribution >= 4 is 17.3 Å². The fourth-order valence-electron chi connectivity index (χ4n) is 0.604. The van der Waals surface area contributed by atoms with E-state index in [9.17, 15) is 4.39 Å². The molecule has 1 aromatic rings. The molecule has 0 saturated carbocycles. The van der Waals surface area contributed by atoms with Gasteiger partial charge in [-0.2, -0.15) is 4.39 Å². The number of hydrogen-bond donors (Lipinski definition) is 1. The predicted molar refractivity (Wildman–Crippen MR) is 40.2 cm³/mol. The van der Waals surface area contributed by atoms with E-state index in [2.05, 4.69) is 9.72 Å². The van der Waals surface area contributed by atoms with Gasteiger partial charge in [-0.1, -0.05) is 11.6 Å². The van der Waals surface area contributed by atoms with Crippen LogP contribution in [0.2, 0.25) is 5.02 Å². The summed E-state index contributed by atoms with van der Waals surface area (Å²) >= 11 is 5.46. The third-order valence-corrected chi connectivity index (χ3v) is 1.47. The third kappa shape index (κ3) is 1.35. The molecular weight excluding hydrogens is 171 g/mol. The number of nitrogens with two attached hydrogens (primary N) is 1. The molecule has 3 nitrogen and oxygen atoms in total. The molecule has 0 saturated heterocycles. The number of nitrogens with zero attached hydrogens (tertiary/aromatic N) is 1. The van der Waals surface area contributed by atoms with Crippen LogP contribution in [0.3, 0.4) is 0 Å². The number of anilines is 1.